The first-order valence-corrected chi connectivity index (χ1v) is 7.66. The second-order valence-electron chi connectivity index (χ2n) is 4.83. The van der Waals surface area contributed by atoms with Crippen LogP contribution in [0.25, 0.3) is 0 Å². The van der Waals surface area contributed by atoms with Gasteiger partial charge in [0.1, 0.15) is 11.0 Å². The fourth-order valence-corrected chi connectivity index (χ4v) is 4.08. The third kappa shape index (κ3) is 2.63. The fraction of sp³-hybridized carbons (Fsp3) is 0.462. The second kappa shape index (κ2) is 5.29. The summed E-state index contributed by atoms with van der Waals surface area (Å²) in [4.78, 5) is 0.0871. The predicted octanol–water partition coefficient (Wildman–Crippen LogP) is 0.978. The molecule has 1 unspecified atom stereocenters. The zero-order valence-electron chi connectivity index (χ0n) is 10.8. The maximum absolute atomic E-state index is 12.6. The Balaban J connectivity index is 2.46. The molecule has 0 bridgehead atoms. The number of nitrogens with two attached hydrogens (primary N) is 1. The molecule has 6 heteroatoms. The molecule has 1 aromatic rings. The monoisotopic (exact) mass is 279 g/mol. The van der Waals surface area contributed by atoms with Gasteiger partial charge in [-0.3, -0.25) is 0 Å². The van der Waals surface area contributed by atoms with Crippen molar-refractivity contribution < 1.29 is 8.42 Å². The van der Waals surface area contributed by atoms with Crippen LogP contribution in [0.15, 0.2) is 23.1 Å². The third-order valence-corrected chi connectivity index (χ3v) is 5.29. The van der Waals surface area contributed by atoms with Crippen molar-refractivity contribution in [3.05, 3.63) is 29.3 Å². The molecule has 1 heterocycles. The summed E-state index contributed by atoms with van der Waals surface area (Å²) in [6, 6.07) is 6.74. The van der Waals surface area contributed by atoms with Gasteiger partial charge in [0.05, 0.1) is 5.56 Å². The lowest BCUT2D eigenvalue weighted by Crippen LogP contribution is -2.45. The highest BCUT2D eigenvalue weighted by Gasteiger charge is 2.30. The van der Waals surface area contributed by atoms with Gasteiger partial charge in [0.25, 0.3) is 0 Å². The summed E-state index contributed by atoms with van der Waals surface area (Å²) in [6.45, 7) is 2.52. The van der Waals surface area contributed by atoms with E-state index in [2.05, 4.69) is 0 Å². The van der Waals surface area contributed by atoms with Crippen LogP contribution in [0.2, 0.25) is 0 Å². The van der Waals surface area contributed by atoms with Crippen molar-refractivity contribution in [3.8, 4) is 6.07 Å². The van der Waals surface area contributed by atoms with Crippen molar-refractivity contribution in [1.29, 1.82) is 5.26 Å². The van der Waals surface area contributed by atoms with Gasteiger partial charge in [-0.2, -0.15) is 9.57 Å². The molecular formula is C13H17N3O2S. The molecule has 2 N–H and O–H groups in total. The molecule has 5 nitrogen and oxygen atoms in total. The van der Waals surface area contributed by atoms with Crippen LogP contribution in [0.3, 0.4) is 0 Å². The van der Waals surface area contributed by atoms with E-state index in [-0.39, 0.29) is 16.5 Å². The van der Waals surface area contributed by atoms with Gasteiger partial charge in [-0.05, 0) is 31.4 Å². The molecule has 1 atom stereocenters. The Hall–Kier alpha value is -1.42. The van der Waals surface area contributed by atoms with Crippen molar-refractivity contribution in [3.63, 3.8) is 0 Å². The molecule has 1 aliphatic rings. The summed E-state index contributed by atoms with van der Waals surface area (Å²) in [5.74, 6) is 0. The van der Waals surface area contributed by atoms with Gasteiger partial charge in [0.2, 0.25) is 10.0 Å². The predicted molar refractivity (Wildman–Crippen MR) is 71.9 cm³/mol. The summed E-state index contributed by atoms with van der Waals surface area (Å²) >= 11 is 0. The number of nitriles is 1. The molecule has 1 aliphatic heterocycles. The van der Waals surface area contributed by atoms with E-state index in [0.29, 0.717) is 18.7 Å². The second-order valence-corrected chi connectivity index (χ2v) is 6.73. The molecule has 0 aromatic heterocycles. The average molecular weight is 279 g/mol. The van der Waals surface area contributed by atoms with Gasteiger partial charge < -0.3 is 5.73 Å². The molecule has 0 amide bonds. The summed E-state index contributed by atoms with van der Waals surface area (Å²) in [6.07, 6.45) is 1.60. The summed E-state index contributed by atoms with van der Waals surface area (Å²) in [5, 5.41) is 9.16. The van der Waals surface area contributed by atoms with E-state index >= 15 is 0 Å². The number of piperidine rings is 1. The van der Waals surface area contributed by atoms with Crippen LogP contribution in [0.1, 0.15) is 24.0 Å². The number of hydrogen-bond acceptors (Lipinski definition) is 4. The SMILES string of the molecule is Cc1cccc(S(=O)(=O)N2CCCC(N)C2)c1C#N. The van der Waals surface area contributed by atoms with Crippen molar-refractivity contribution in [2.45, 2.75) is 30.7 Å². The first kappa shape index (κ1) is 14.0. The highest BCUT2D eigenvalue weighted by molar-refractivity contribution is 7.89. The Morgan fingerprint density at radius 1 is 1.47 bits per heavy atom. The number of hydrogen-bond donors (Lipinski definition) is 1. The highest BCUT2D eigenvalue weighted by Crippen LogP contribution is 2.24. The quantitative estimate of drug-likeness (QED) is 0.874. The van der Waals surface area contributed by atoms with E-state index in [0.717, 1.165) is 12.8 Å². The van der Waals surface area contributed by atoms with Crippen molar-refractivity contribution in [1.82, 2.24) is 4.31 Å². The molecule has 0 saturated carbocycles. The number of benzene rings is 1. The molecule has 102 valence electrons. The lowest BCUT2D eigenvalue weighted by Gasteiger charge is -2.30. The number of sulfonamides is 1. The number of aryl methyl sites for hydroxylation is 1. The first-order valence-electron chi connectivity index (χ1n) is 6.22. The first-order chi connectivity index (χ1) is 8.96. The average Bonchev–Trinajstić information content (AvgIpc) is 2.38. The Morgan fingerprint density at radius 2 is 2.21 bits per heavy atom. The van der Waals surface area contributed by atoms with Gasteiger partial charge in [-0.1, -0.05) is 12.1 Å². The Labute approximate surface area is 113 Å². The summed E-state index contributed by atoms with van der Waals surface area (Å²) < 4.78 is 26.6. The lowest BCUT2D eigenvalue weighted by atomic mass is 10.1. The molecule has 0 aliphatic carbocycles. The summed E-state index contributed by atoms with van der Waals surface area (Å²) in [5.41, 5.74) is 6.72. The largest absolute Gasteiger partial charge is 0.327 e. The van der Waals surface area contributed by atoms with Crippen molar-refractivity contribution in [2.75, 3.05) is 13.1 Å². The number of rotatable bonds is 2. The minimum Gasteiger partial charge on any atom is -0.327 e. The molecule has 19 heavy (non-hydrogen) atoms. The molecule has 1 fully saturated rings. The van der Waals surface area contributed by atoms with E-state index in [1.165, 1.54) is 10.4 Å². The third-order valence-electron chi connectivity index (χ3n) is 3.38. The normalized spacial score (nSPS) is 21.0. The maximum Gasteiger partial charge on any atom is 0.244 e. The van der Waals surface area contributed by atoms with Crippen molar-refractivity contribution in [2.24, 2.45) is 5.73 Å². The standard InChI is InChI=1S/C13H17N3O2S/c1-10-4-2-6-13(12(10)8-14)19(17,18)16-7-3-5-11(15)9-16/h2,4,6,11H,3,5,7,9,15H2,1H3. The zero-order valence-corrected chi connectivity index (χ0v) is 11.7. The summed E-state index contributed by atoms with van der Waals surface area (Å²) in [7, 11) is -3.63. The topological polar surface area (TPSA) is 87.2 Å². The Kier molecular flexibility index (Phi) is 3.90. The van der Waals surface area contributed by atoms with Gasteiger partial charge in [0, 0.05) is 19.1 Å². The van der Waals surface area contributed by atoms with Crippen LogP contribution in [0.5, 0.6) is 0 Å². The van der Waals surface area contributed by atoms with Crippen LogP contribution in [0, 0.1) is 18.3 Å². The molecule has 2 rings (SSSR count). The van der Waals surface area contributed by atoms with Gasteiger partial charge in [-0.25, -0.2) is 8.42 Å². The number of nitrogens with zero attached hydrogens (tertiary/aromatic N) is 2. The molecular weight excluding hydrogens is 262 g/mol. The van der Waals surface area contributed by atoms with Crippen LogP contribution >= 0.6 is 0 Å². The van der Waals surface area contributed by atoms with Gasteiger partial charge >= 0.3 is 0 Å². The maximum atomic E-state index is 12.6. The van der Waals surface area contributed by atoms with Crippen LogP contribution in [-0.2, 0) is 10.0 Å². The molecule has 0 radical (unpaired) electrons. The van der Waals surface area contributed by atoms with Crippen molar-refractivity contribution >= 4 is 10.0 Å². The van der Waals surface area contributed by atoms with E-state index in [1.807, 2.05) is 6.07 Å². The van der Waals surface area contributed by atoms with E-state index in [1.54, 1.807) is 19.1 Å². The van der Waals surface area contributed by atoms with Crippen LogP contribution in [-0.4, -0.2) is 31.9 Å². The smallest absolute Gasteiger partial charge is 0.244 e. The molecule has 0 spiro atoms. The minimum atomic E-state index is -3.63. The minimum absolute atomic E-state index is 0.0871. The Bertz CT molecular complexity index is 619. The van der Waals surface area contributed by atoms with Gasteiger partial charge in [0.15, 0.2) is 0 Å². The fourth-order valence-electron chi connectivity index (χ4n) is 2.33. The van der Waals surface area contributed by atoms with Crippen LogP contribution < -0.4 is 5.73 Å². The van der Waals surface area contributed by atoms with Crippen LogP contribution in [0.4, 0.5) is 0 Å². The lowest BCUT2D eigenvalue weighted by molar-refractivity contribution is 0.316. The zero-order chi connectivity index (χ0) is 14.0. The van der Waals surface area contributed by atoms with E-state index < -0.39 is 10.0 Å². The molecule has 1 saturated heterocycles. The van der Waals surface area contributed by atoms with E-state index in [9.17, 15) is 8.42 Å². The highest BCUT2D eigenvalue weighted by atomic mass is 32.2. The Morgan fingerprint density at radius 3 is 2.84 bits per heavy atom. The van der Waals surface area contributed by atoms with E-state index in [4.69, 9.17) is 11.0 Å². The molecule has 1 aromatic carbocycles. The van der Waals surface area contributed by atoms with Gasteiger partial charge in [-0.15, -0.1) is 0 Å².